The lowest BCUT2D eigenvalue weighted by molar-refractivity contribution is -0.131. The molecule has 0 atom stereocenters. The molecule has 0 aromatic carbocycles. The van der Waals surface area contributed by atoms with E-state index in [0.29, 0.717) is 19.3 Å². The highest BCUT2D eigenvalue weighted by Gasteiger charge is 2.14. The summed E-state index contributed by atoms with van der Waals surface area (Å²) in [5, 5.41) is 0. The molecule has 3 nitrogen and oxygen atoms in total. The Morgan fingerprint density at radius 1 is 1.14 bits per heavy atom. The zero-order chi connectivity index (χ0) is 10.2. The first-order valence-electron chi connectivity index (χ1n) is 5.56. The largest absolute Gasteiger partial charge is 0.343 e. The fourth-order valence-electron chi connectivity index (χ4n) is 1.81. The Hall–Kier alpha value is -0.860. The van der Waals surface area contributed by atoms with Crippen LogP contribution in [0.2, 0.25) is 0 Å². The third-order valence-corrected chi connectivity index (χ3v) is 2.67. The van der Waals surface area contributed by atoms with Gasteiger partial charge in [-0.25, -0.2) is 0 Å². The molecule has 1 amide bonds. The lowest BCUT2D eigenvalue weighted by atomic mass is 10.2. The van der Waals surface area contributed by atoms with Crippen molar-refractivity contribution in [2.24, 2.45) is 0 Å². The maximum absolute atomic E-state index is 11.6. The predicted octanol–water partition coefficient (Wildman–Crippen LogP) is 1.76. The molecule has 0 radical (unpaired) electrons. The number of hydrogen-bond acceptors (Lipinski definition) is 2. The van der Waals surface area contributed by atoms with E-state index in [-0.39, 0.29) is 5.91 Å². The number of rotatable bonds is 4. The van der Waals surface area contributed by atoms with Gasteiger partial charge in [-0.1, -0.05) is 12.8 Å². The summed E-state index contributed by atoms with van der Waals surface area (Å²) in [6.45, 7) is 1.83. The van der Waals surface area contributed by atoms with Gasteiger partial charge in [-0.05, 0) is 19.3 Å². The summed E-state index contributed by atoms with van der Waals surface area (Å²) < 4.78 is 0. The summed E-state index contributed by atoms with van der Waals surface area (Å²) in [5.41, 5.74) is 0. The minimum Gasteiger partial charge on any atom is -0.343 e. The van der Waals surface area contributed by atoms with Crippen molar-refractivity contribution in [1.29, 1.82) is 0 Å². The van der Waals surface area contributed by atoms with Gasteiger partial charge in [0.2, 0.25) is 5.91 Å². The zero-order valence-electron chi connectivity index (χ0n) is 8.71. The molecule has 0 N–H and O–H groups in total. The van der Waals surface area contributed by atoms with Crippen molar-refractivity contribution in [3.8, 4) is 0 Å². The van der Waals surface area contributed by atoms with Crippen molar-refractivity contribution >= 4 is 12.2 Å². The van der Waals surface area contributed by atoms with Crippen molar-refractivity contribution in [3.63, 3.8) is 0 Å². The molecule has 1 saturated heterocycles. The van der Waals surface area contributed by atoms with Crippen LogP contribution in [0, 0.1) is 0 Å². The van der Waals surface area contributed by atoms with Crippen LogP contribution in [0.25, 0.3) is 0 Å². The van der Waals surface area contributed by atoms with Crippen LogP contribution in [-0.2, 0) is 9.59 Å². The second-order valence-corrected chi connectivity index (χ2v) is 3.85. The molecule has 1 rings (SSSR count). The third-order valence-electron chi connectivity index (χ3n) is 2.67. The zero-order valence-corrected chi connectivity index (χ0v) is 8.71. The van der Waals surface area contributed by atoms with Crippen molar-refractivity contribution in [2.45, 2.75) is 44.9 Å². The molecule has 1 aliphatic heterocycles. The Balaban J connectivity index is 2.23. The van der Waals surface area contributed by atoms with Gasteiger partial charge in [0.05, 0.1) is 0 Å². The molecule has 0 bridgehead atoms. The highest BCUT2D eigenvalue weighted by Crippen LogP contribution is 2.11. The van der Waals surface area contributed by atoms with Crippen LogP contribution in [-0.4, -0.2) is 30.2 Å². The van der Waals surface area contributed by atoms with E-state index in [0.717, 1.165) is 32.2 Å². The number of carbonyl (C=O) groups is 2. The van der Waals surface area contributed by atoms with Crippen molar-refractivity contribution < 1.29 is 9.59 Å². The number of hydrogen-bond donors (Lipinski definition) is 0. The van der Waals surface area contributed by atoms with Gasteiger partial charge in [-0.3, -0.25) is 4.79 Å². The Kier molecular flexibility index (Phi) is 5.27. The fraction of sp³-hybridized carbons (Fsp3) is 0.818. The first-order chi connectivity index (χ1) is 6.84. The molecule has 0 saturated carbocycles. The monoisotopic (exact) mass is 197 g/mol. The van der Waals surface area contributed by atoms with Gasteiger partial charge in [0.1, 0.15) is 6.29 Å². The maximum atomic E-state index is 11.6. The fourth-order valence-corrected chi connectivity index (χ4v) is 1.81. The molecule has 1 fully saturated rings. The van der Waals surface area contributed by atoms with Crippen molar-refractivity contribution in [2.75, 3.05) is 13.1 Å². The molecule has 14 heavy (non-hydrogen) atoms. The number of carbonyl (C=O) groups excluding carboxylic acids is 2. The average Bonchev–Trinajstić information content (AvgIpc) is 2.46. The molecular weight excluding hydrogens is 178 g/mol. The van der Waals surface area contributed by atoms with E-state index in [1.54, 1.807) is 0 Å². The van der Waals surface area contributed by atoms with Crippen LogP contribution in [0.15, 0.2) is 0 Å². The van der Waals surface area contributed by atoms with Crippen molar-refractivity contribution in [3.05, 3.63) is 0 Å². The Morgan fingerprint density at radius 3 is 2.36 bits per heavy atom. The Bertz CT molecular complexity index is 184. The van der Waals surface area contributed by atoms with Gasteiger partial charge in [0.25, 0.3) is 0 Å². The summed E-state index contributed by atoms with van der Waals surface area (Å²) in [6, 6.07) is 0. The van der Waals surface area contributed by atoms with Crippen LogP contribution in [0.3, 0.4) is 0 Å². The van der Waals surface area contributed by atoms with Gasteiger partial charge in [0, 0.05) is 25.9 Å². The molecule has 0 aromatic rings. The summed E-state index contributed by atoms with van der Waals surface area (Å²) in [4.78, 5) is 23.7. The van der Waals surface area contributed by atoms with E-state index in [9.17, 15) is 9.59 Å². The van der Waals surface area contributed by atoms with E-state index < -0.39 is 0 Å². The third kappa shape index (κ3) is 3.90. The maximum Gasteiger partial charge on any atom is 0.222 e. The Labute approximate surface area is 85.5 Å². The number of aldehydes is 1. The summed E-state index contributed by atoms with van der Waals surface area (Å²) in [7, 11) is 0. The van der Waals surface area contributed by atoms with E-state index >= 15 is 0 Å². The molecule has 0 spiro atoms. The second-order valence-electron chi connectivity index (χ2n) is 3.85. The Morgan fingerprint density at radius 2 is 1.79 bits per heavy atom. The lowest BCUT2D eigenvalue weighted by Gasteiger charge is -2.19. The summed E-state index contributed by atoms with van der Waals surface area (Å²) in [6.07, 6.45) is 7.42. The molecular formula is C11H19NO2. The van der Waals surface area contributed by atoms with Crippen LogP contribution >= 0.6 is 0 Å². The minimum atomic E-state index is 0.230. The number of amides is 1. The van der Waals surface area contributed by atoms with E-state index in [4.69, 9.17) is 0 Å². The number of nitrogens with zero attached hydrogens (tertiary/aromatic N) is 1. The standard InChI is InChI=1S/C11H19NO2/c13-10-6-3-7-11(14)12-8-4-1-2-5-9-12/h10H,1-9H2. The smallest absolute Gasteiger partial charge is 0.222 e. The minimum absolute atomic E-state index is 0.230. The molecule has 80 valence electrons. The van der Waals surface area contributed by atoms with Crippen LogP contribution in [0.1, 0.15) is 44.9 Å². The van der Waals surface area contributed by atoms with Crippen LogP contribution < -0.4 is 0 Å². The summed E-state index contributed by atoms with van der Waals surface area (Å²) >= 11 is 0. The topological polar surface area (TPSA) is 37.4 Å². The molecule has 0 aliphatic carbocycles. The second kappa shape index (κ2) is 6.57. The average molecular weight is 197 g/mol. The molecule has 3 heteroatoms. The lowest BCUT2D eigenvalue weighted by Crippen LogP contribution is -2.31. The normalized spacial score (nSPS) is 17.6. The molecule has 0 unspecified atom stereocenters. The quantitative estimate of drug-likeness (QED) is 0.508. The number of unbranched alkanes of at least 4 members (excludes halogenated alkanes) is 1. The number of likely N-dealkylation sites (tertiary alicyclic amines) is 1. The van der Waals surface area contributed by atoms with Gasteiger partial charge in [0.15, 0.2) is 0 Å². The van der Waals surface area contributed by atoms with Gasteiger partial charge < -0.3 is 9.69 Å². The molecule has 1 aliphatic rings. The van der Waals surface area contributed by atoms with Crippen molar-refractivity contribution in [1.82, 2.24) is 4.90 Å². The summed E-state index contributed by atoms with van der Waals surface area (Å²) in [5.74, 6) is 0.230. The highest BCUT2D eigenvalue weighted by atomic mass is 16.2. The first-order valence-corrected chi connectivity index (χ1v) is 5.56. The van der Waals surface area contributed by atoms with Crippen LogP contribution in [0.4, 0.5) is 0 Å². The van der Waals surface area contributed by atoms with E-state index in [1.807, 2.05) is 4.90 Å². The first kappa shape index (κ1) is 11.2. The van der Waals surface area contributed by atoms with Gasteiger partial charge in [-0.15, -0.1) is 0 Å². The van der Waals surface area contributed by atoms with Gasteiger partial charge in [-0.2, -0.15) is 0 Å². The van der Waals surface area contributed by atoms with Crippen LogP contribution in [0.5, 0.6) is 0 Å². The molecule has 1 heterocycles. The molecule has 0 aromatic heterocycles. The SMILES string of the molecule is O=CCCCC(=O)N1CCCCCC1. The predicted molar refractivity (Wildman–Crippen MR) is 55.0 cm³/mol. The van der Waals surface area contributed by atoms with Gasteiger partial charge >= 0.3 is 0 Å². The van der Waals surface area contributed by atoms with E-state index in [2.05, 4.69) is 0 Å². The van der Waals surface area contributed by atoms with E-state index in [1.165, 1.54) is 12.8 Å². The highest BCUT2D eigenvalue weighted by molar-refractivity contribution is 5.76.